The smallest absolute Gasteiger partial charge is 0.300 e. The fourth-order valence-electron chi connectivity index (χ4n) is 2.86. The zero-order valence-electron chi connectivity index (χ0n) is 14.5. The van der Waals surface area contributed by atoms with E-state index in [0.717, 1.165) is 11.3 Å². The number of hydrogen-bond donors (Lipinski definition) is 0. The minimum Gasteiger partial charge on any atom is -0.422 e. The van der Waals surface area contributed by atoms with E-state index in [1.165, 1.54) is 0 Å². The number of anilines is 1. The summed E-state index contributed by atoms with van der Waals surface area (Å²) in [6, 6.07) is 13.9. The van der Waals surface area contributed by atoms with Gasteiger partial charge in [0.15, 0.2) is 5.58 Å². The van der Waals surface area contributed by atoms with Crippen molar-refractivity contribution >= 4 is 23.2 Å². The van der Waals surface area contributed by atoms with E-state index in [0.29, 0.717) is 43.4 Å². The number of nitrogens with zero attached hydrogens (tertiary/aromatic N) is 4. The summed E-state index contributed by atoms with van der Waals surface area (Å²) in [6.07, 6.45) is 0. The number of benzene rings is 1. The SMILES string of the molecule is Cc1ccc2oc(N3CCN(C(=O)C#Cc4ccccc4)CC3)nc2n1. The quantitative estimate of drug-likeness (QED) is 0.632. The highest BCUT2D eigenvalue weighted by atomic mass is 16.4. The standard InChI is InChI=1S/C20H18N4O2/c1-15-7-9-17-19(21-15)22-20(26-17)24-13-11-23(12-14-24)18(25)10-8-16-5-3-2-4-6-16/h2-7,9H,11-14H2,1H3. The second kappa shape index (κ2) is 6.89. The first-order valence-corrected chi connectivity index (χ1v) is 8.54. The first-order valence-electron chi connectivity index (χ1n) is 8.54. The van der Waals surface area contributed by atoms with Gasteiger partial charge in [-0.15, -0.1) is 0 Å². The van der Waals surface area contributed by atoms with Crippen molar-refractivity contribution in [2.75, 3.05) is 31.1 Å². The van der Waals surface area contributed by atoms with Gasteiger partial charge in [0.25, 0.3) is 11.9 Å². The summed E-state index contributed by atoms with van der Waals surface area (Å²) in [5.41, 5.74) is 3.04. The maximum absolute atomic E-state index is 12.3. The minimum atomic E-state index is -0.150. The van der Waals surface area contributed by atoms with E-state index < -0.39 is 0 Å². The lowest BCUT2D eigenvalue weighted by Gasteiger charge is -2.32. The van der Waals surface area contributed by atoms with Crippen LogP contribution in [0.2, 0.25) is 0 Å². The lowest BCUT2D eigenvalue weighted by Crippen LogP contribution is -2.48. The zero-order chi connectivity index (χ0) is 17.9. The first kappa shape index (κ1) is 16.2. The average Bonchev–Trinajstić information content (AvgIpc) is 3.10. The van der Waals surface area contributed by atoms with Crippen molar-refractivity contribution < 1.29 is 9.21 Å². The molecule has 1 saturated heterocycles. The summed E-state index contributed by atoms with van der Waals surface area (Å²) in [6.45, 7) is 4.42. The third-order valence-corrected chi connectivity index (χ3v) is 4.31. The third-order valence-electron chi connectivity index (χ3n) is 4.31. The number of carbonyl (C=O) groups is 1. The fraction of sp³-hybridized carbons (Fsp3) is 0.250. The summed E-state index contributed by atoms with van der Waals surface area (Å²) in [7, 11) is 0. The molecule has 3 heterocycles. The Labute approximate surface area is 151 Å². The van der Waals surface area contributed by atoms with Crippen LogP contribution < -0.4 is 4.90 Å². The monoisotopic (exact) mass is 346 g/mol. The number of amides is 1. The van der Waals surface area contributed by atoms with E-state index in [2.05, 4.69) is 21.8 Å². The van der Waals surface area contributed by atoms with Crippen LogP contribution in [0.1, 0.15) is 11.3 Å². The highest BCUT2D eigenvalue weighted by Gasteiger charge is 2.23. The van der Waals surface area contributed by atoms with Crippen molar-refractivity contribution in [1.82, 2.24) is 14.9 Å². The number of aryl methyl sites for hydroxylation is 1. The Kier molecular flexibility index (Phi) is 4.28. The van der Waals surface area contributed by atoms with E-state index in [1.54, 1.807) is 4.90 Å². The van der Waals surface area contributed by atoms with Gasteiger partial charge >= 0.3 is 0 Å². The maximum Gasteiger partial charge on any atom is 0.300 e. The number of pyridine rings is 1. The Morgan fingerprint density at radius 1 is 1.04 bits per heavy atom. The van der Waals surface area contributed by atoms with E-state index in [1.807, 2.05) is 54.3 Å². The predicted octanol–water partition coefficient (Wildman–Crippen LogP) is 2.23. The molecule has 1 aromatic carbocycles. The van der Waals surface area contributed by atoms with Crippen molar-refractivity contribution in [3.05, 3.63) is 53.7 Å². The Morgan fingerprint density at radius 2 is 1.81 bits per heavy atom. The van der Waals surface area contributed by atoms with Crippen LogP contribution in [0.4, 0.5) is 6.01 Å². The number of oxazole rings is 1. The van der Waals surface area contributed by atoms with Crippen LogP contribution >= 0.6 is 0 Å². The largest absolute Gasteiger partial charge is 0.422 e. The van der Waals surface area contributed by atoms with Gasteiger partial charge in [-0.2, -0.15) is 4.98 Å². The third kappa shape index (κ3) is 3.38. The van der Waals surface area contributed by atoms with Crippen LogP contribution in [0.3, 0.4) is 0 Å². The number of fused-ring (bicyclic) bond motifs is 1. The van der Waals surface area contributed by atoms with Crippen LogP contribution in [0.25, 0.3) is 11.2 Å². The van der Waals surface area contributed by atoms with E-state index in [4.69, 9.17) is 4.42 Å². The van der Waals surface area contributed by atoms with Gasteiger partial charge in [-0.25, -0.2) is 4.98 Å². The second-order valence-electron chi connectivity index (χ2n) is 6.17. The molecule has 6 heteroatoms. The Balaban J connectivity index is 1.40. The number of hydrogen-bond acceptors (Lipinski definition) is 5. The van der Waals surface area contributed by atoms with Gasteiger partial charge in [-0.1, -0.05) is 24.1 Å². The number of carbonyl (C=O) groups excluding carboxylic acids is 1. The van der Waals surface area contributed by atoms with Crippen molar-refractivity contribution in [2.45, 2.75) is 6.92 Å². The molecule has 4 rings (SSSR count). The molecule has 1 amide bonds. The summed E-state index contributed by atoms with van der Waals surface area (Å²) in [5.74, 6) is 5.48. The van der Waals surface area contributed by atoms with Crippen molar-refractivity contribution in [1.29, 1.82) is 0 Å². The molecule has 0 atom stereocenters. The molecule has 26 heavy (non-hydrogen) atoms. The van der Waals surface area contributed by atoms with Gasteiger partial charge in [-0.3, -0.25) is 4.79 Å². The lowest BCUT2D eigenvalue weighted by atomic mass is 10.2. The first-order chi connectivity index (χ1) is 12.7. The molecule has 0 aliphatic carbocycles. The summed E-state index contributed by atoms with van der Waals surface area (Å²) in [5, 5.41) is 0. The Bertz CT molecular complexity index is 993. The second-order valence-corrected chi connectivity index (χ2v) is 6.17. The fourth-order valence-corrected chi connectivity index (χ4v) is 2.86. The van der Waals surface area contributed by atoms with Crippen LogP contribution in [0.5, 0.6) is 0 Å². The van der Waals surface area contributed by atoms with Gasteiger partial charge < -0.3 is 14.2 Å². The predicted molar refractivity (Wildman–Crippen MR) is 98.7 cm³/mol. The van der Waals surface area contributed by atoms with Gasteiger partial charge in [0, 0.05) is 43.4 Å². The average molecular weight is 346 g/mol. The Hall–Kier alpha value is -3.33. The van der Waals surface area contributed by atoms with E-state index in [9.17, 15) is 4.79 Å². The molecule has 0 N–H and O–H groups in total. The molecule has 130 valence electrons. The van der Waals surface area contributed by atoms with Crippen LogP contribution in [0.15, 0.2) is 46.9 Å². The molecule has 1 aliphatic rings. The normalized spacial score (nSPS) is 14.2. The highest BCUT2D eigenvalue weighted by molar-refractivity contribution is 5.94. The van der Waals surface area contributed by atoms with Crippen LogP contribution in [-0.4, -0.2) is 47.0 Å². The molecular formula is C20H18N4O2. The Morgan fingerprint density at radius 3 is 2.58 bits per heavy atom. The minimum absolute atomic E-state index is 0.150. The summed E-state index contributed by atoms with van der Waals surface area (Å²) >= 11 is 0. The van der Waals surface area contributed by atoms with Crippen LogP contribution in [-0.2, 0) is 4.79 Å². The zero-order valence-corrected chi connectivity index (χ0v) is 14.5. The van der Waals surface area contributed by atoms with E-state index in [-0.39, 0.29) is 5.91 Å². The topological polar surface area (TPSA) is 62.5 Å². The molecular weight excluding hydrogens is 328 g/mol. The van der Waals surface area contributed by atoms with Crippen molar-refractivity contribution in [3.8, 4) is 11.8 Å². The van der Waals surface area contributed by atoms with E-state index >= 15 is 0 Å². The molecule has 0 unspecified atom stereocenters. The number of rotatable bonds is 1. The molecule has 6 nitrogen and oxygen atoms in total. The number of aromatic nitrogens is 2. The molecule has 3 aromatic rings. The maximum atomic E-state index is 12.3. The molecule has 1 aliphatic heterocycles. The van der Waals surface area contributed by atoms with Gasteiger partial charge in [-0.05, 0) is 31.2 Å². The molecule has 0 spiro atoms. The van der Waals surface area contributed by atoms with Crippen LogP contribution in [0, 0.1) is 18.8 Å². The van der Waals surface area contributed by atoms with Crippen molar-refractivity contribution in [3.63, 3.8) is 0 Å². The molecule has 0 bridgehead atoms. The lowest BCUT2D eigenvalue weighted by molar-refractivity contribution is -0.125. The van der Waals surface area contributed by atoms with Gasteiger partial charge in [0.05, 0.1) is 0 Å². The van der Waals surface area contributed by atoms with Crippen molar-refractivity contribution in [2.24, 2.45) is 0 Å². The molecule has 2 aromatic heterocycles. The number of piperazine rings is 1. The molecule has 0 saturated carbocycles. The summed E-state index contributed by atoms with van der Waals surface area (Å²) < 4.78 is 5.78. The van der Waals surface area contributed by atoms with Gasteiger partial charge in [0.1, 0.15) is 0 Å². The van der Waals surface area contributed by atoms with Gasteiger partial charge in [0.2, 0.25) is 5.65 Å². The highest BCUT2D eigenvalue weighted by Crippen LogP contribution is 2.21. The summed E-state index contributed by atoms with van der Waals surface area (Å²) in [4.78, 5) is 24.9. The molecule has 1 fully saturated rings. The molecule has 0 radical (unpaired) electrons.